The van der Waals surface area contributed by atoms with Crippen molar-refractivity contribution in [1.82, 2.24) is 0 Å². The molecule has 0 radical (unpaired) electrons. The Hall–Kier alpha value is -1.09. The fourth-order valence-corrected chi connectivity index (χ4v) is 2.64. The predicted octanol–water partition coefficient (Wildman–Crippen LogP) is 3.50. The summed E-state index contributed by atoms with van der Waals surface area (Å²) in [5, 5.41) is 0. The molecule has 0 amide bonds. The fraction of sp³-hybridized carbons (Fsp3) is 0.600. The first-order chi connectivity index (χ1) is 8.75. The number of halogens is 1. The van der Waals surface area contributed by atoms with E-state index in [0.717, 1.165) is 6.42 Å². The van der Waals surface area contributed by atoms with Gasteiger partial charge in [0.05, 0.1) is 6.61 Å². The monoisotopic (exact) mass is 251 g/mol. The second-order valence-corrected chi connectivity index (χ2v) is 5.15. The Balaban J connectivity index is 1.69. The van der Waals surface area contributed by atoms with Crippen molar-refractivity contribution in [1.29, 1.82) is 0 Å². The molecule has 100 valence electrons. The Morgan fingerprint density at radius 2 is 1.83 bits per heavy atom. The minimum absolute atomic E-state index is 0.235. The molecule has 1 atom stereocenters. The van der Waals surface area contributed by atoms with E-state index < -0.39 is 0 Å². The van der Waals surface area contributed by atoms with Gasteiger partial charge in [0.25, 0.3) is 0 Å². The van der Waals surface area contributed by atoms with Crippen LogP contribution in [0.25, 0.3) is 0 Å². The maximum absolute atomic E-state index is 12.7. The van der Waals surface area contributed by atoms with Gasteiger partial charge >= 0.3 is 0 Å². The first kappa shape index (κ1) is 13.3. The summed E-state index contributed by atoms with van der Waals surface area (Å²) in [6.07, 6.45) is 7.39. The van der Waals surface area contributed by atoms with Gasteiger partial charge in [0, 0.05) is 6.04 Å². The van der Waals surface area contributed by atoms with Crippen molar-refractivity contribution < 1.29 is 9.13 Å². The predicted molar refractivity (Wildman–Crippen MR) is 71.1 cm³/mol. The van der Waals surface area contributed by atoms with E-state index in [4.69, 9.17) is 10.5 Å². The van der Waals surface area contributed by atoms with Crippen molar-refractivity contribution in [3.05, 3.63) is 30.1 Å². The number of nitrogens with two attached hydrogens (primary N) is 1. The van der Waals surface area contributed by atoms with Gasteiger partial charge in [0.2, 0.25) is 0 Å². The van der Waals surface area contributed by atoms with Gasteiger partial charge in [-0.1, -0.05) is 19.3 Å². The lowest BCUT2D eigenvalue weighted by Crippen LogP contribution is -2.33. The van der Waals surface area contributed by atoms with Gasteiger partial charge in [0.15, 0.2) is 0 Å². The molecule has 0 saturated heterocycles. The number of hydrogen-bond acceptors (Lipinski definition) is 2. The highest BCUT2D eigenvalue weighted by atomic mass is 19.1. The molecule has 0 aromatic heterocycles. The average Bonchev–Trinajstić information content (AvgIpc) is 2.42. The Kier molecular flexibility index (Phi) is 5.00. The molecule has 1 aliphatic carbocycles. The van der Waals surface area contributed by atoms with Crippen LogP contribution < -0.4 is 10.5 Å². The van der Waals surface area contributed by atoms with Crippen LogP contribution in [0.5, 0.6) is 5.75 Å². The van der Waals surface area contributed by atoms with Crippen LogP contribution >= 0.6 is 0 Å². The van der Waals surface area contributed by atoms with E-state index in [-0.39, 0.29) is 11.9 Å². The molecule has 2 nitrogen and oxygen atoms in total. The van der Waals surface area contributed by atoms with Crippen molar-refractivity contribution in [3.8, 4) is 5.75 Å². The highest BCUT2D eigenvalue weighted by molar-refractivity contribution is 5.21. The molecule has 18 heavy (non-hydrogen) atoms. The number of ether oxygens (including phenoxy) is 1. The first-order valence-corrected chi connectivity index (χ1v) is 6.89. The lowest BCUT2D eigenvalue weighted by molar-refractivity contribution is 0.243. The summed E-state index contributed by atoms with van der Waals surface area (Å²) in [5.41, 5.74) is 6.20. The lowest BCUT2D eigenvalue weighted by atomic mass is 9.83. The van der Waals surface area contributed by atoms with E-state index in [9.17, 15) is 4.39 Å². The lowest BCUT2D eigenvalue weighted by Gasteiger charge is -2.27. The van der Waals surface area contributed by atoms with Crippen molar-refractivity contribution in [3.63, 3.8) is 0 Å². The van der Waals surface area contributed by atoms with Crippen LogP contribution in [0.4, 0.5) is 4.39 Å². The quantitative estimate of drug-likeness (QED) is 0.869. The normalized spacial score (nSPS) is 18.6. The SMILES string of the molecule is NC(CCOc1ccc(F)cc1)C1CCCCC1. The largest absolute Gasteiger partial charge is 0.494 e. The van der Waals surface area contributed by atoms with Crippen LogP contribution in [-0.4, -0.2) is 12.6 Å². The van der Waals surface area contributed by atoms with Gasteiger partial charge in [-0.2, -0.15) is 0 Å². The zero-order valence-electron chi connectivity index (χ0n) is 10.8. The van der Waals surface area contributed by atoms with E-state index in [0.29, 0.717) is 18.3 Å². The van der Waals surface area contributed by atoms with Crippen LogP contribution in [0.2, 0.25) is 0 Å². The second-order valence-electron chi connectivity index (χ2n) is 5.15. The van der Waals surface area contributed by atoms with Crippen molar-refractivity contribution in [2.75, 3.05) is 6.61 Å². The molecule has 3 heteroatoms. The van der Waals surface area contributed by atoms with E-state index in [2.05, 4.69) is 0 Å². The van der Waals surface area contributed by atoms with Crippen molar-refractivity contribution in [2.24, 2.45) is 11.7 Å². The molecule has 1 unspecified atom stereocenters. The maximum atomic E-state index is 12.7. The molecule has 0 aliphatic heterocycles. The molecule has 0 bridgehead atoms. The third kappa shape index (κ3) is 3.98. The zero-order valence-corrected chi connectivity index (χ0v) is 10.8. The van der Waals surface area contributed by atoms with Crippen LogP contribution in [0.15, 0.2) is 24.3 Å². The van der Waals surface area contributed by atoms with Gasteiger partial charge in [-0.15, -0.1) is 0 Å². The highest BCUT2D eigenvalue weighted by Crippen LogP contribution is 2.26. The Bertz CT molecular complexity index is 346. The summed E-state index contributed by atoms with van der Waals surface area (Å²) in [5.74, 6) is 1.14. The van der Waals surface area contributed by atoms with Crippen molar-refractivity contribution in [2.45, 2.75) is 44.6 Å². The Morgan fingerprint density at radius 3 is 2.50 bits per heavy atom. The van der Waals surface area contributed by atoms with Crippen LogP contribution in [0, 0.1) is 11.7 Å². The van der Waals surface area contributed by atoms with E-state index in [1.165, 1.54) is 44.2 Å². The highest BCUT2D eigenvalue weighted by Gasteiger charge is 2.20. The summed E-state index contributed by atoms with van der Waals surface area (Å²) in [6.45, 7) is 0.614. The molecule has 1 fully saturated rings. The molecule has 1 saturated carbocycles. The summed E-state index contributed by atoms with van der Waals surface area (Å²) >= 11 is 0. The third-order valence-electron chi connectivity index (χ3n) is 3.79. The third-order valence-corrected chi connectivity index (χ3v) is 3.79. The molecule has 1 aliphatic rings. The average molecular weight is 251 g/mol. The van der Waals surface area contributed by atoms with E-state index >= 15 is 0 Å². The van der Waals surface area contributed by atoms with Crippen molar-refractivity contribution >= 4 is 0 Å². The molecule has 2 rings (SSSR count). The van der Waals surface area contributed by atoms with Crippen LogP contribution in [-0.2, 0) is 0 Å². The summed E-state index contributed by atoms with van der Waals surface area (Å²) in [4.78, 5) is 0. The number of hydrogen-bond donors (Lipinski definition) is 1. The van der Waals surface area contributed by atoms with Gasteiger partial charge in [-0.25, -0.2) is 4.39 Å². The molecular weight excluding hydrogens is 229 g/mol. The first-order valence-electron chi connectivity index (χ1n) is 6.89. The Labute approximate surface area is 108 Å². The molecule has 0 spiro atoms. The van der Waals surface area contributed by atoms with E-state index in [1.54, 1.807) is 12.1 Å². The molecular formula is C15H22FNO. The summed E-state index contributed by atoms with van der Waals surface area (Å²) < 4.78 is 18.3. The van der Waals surface area contributed by atoms with E-state index in [1.807, 2.05) is 0 Å². The Morgan fingerprint density at radius 1 is 1.17 bits per heavy atom. The molecule has 1 aromatic rings. The zero-order chi connectivity index (χ0) is 12.8. The number of benzene rings is 1. The smallest absolute Gasteiger partial charge is 0.123 e. The topological polar surface area (TPSA) is 35.2 Å². The van der Waals surface area contributed by atoms with Gasteiger partial charge in [0.1, 0.15) is 11.6 Å². The summed E-state index contributed by atoms with van der Waals surface area (Å²) in [7, 11) is 0. The fourth-order valence-electron chi connectivity index (χ4n) is 2.64. The van der Waals surface area contributed by atoms with Crippen LogP contribution in [0.1, 0.15) is 38.5 Å². The molecule has 0 heterocycles. The van der Waals surface area contributed by atoms with Crippen LogP contribution in [0.3, 0.4) is 0 Å². The van der Waals surface area contributed by atoms with Gasteiger partial charge in [-0.3, -0.25) is 0 Å². The number of rotatable bonds is 5. The molecule has 2 N–H and O–H groups in total. The molecule has 1 aromatic carbocycles. The van der Waals surface area contributed by atoms with Gasteiger partial charge < -0.3 is 10.5 Å². The van der Waals surface area contributed by atoms with Gasteiger partial charge in [-0.05, 0) is 49.4 Å². The maximum Gasteiger partial charge on any atom is 0.123 e. The minimum Gasteiger partial charge on any atom is -0.494 e. The summed E-state index contributed by atoms with van der Waals surface area (Å²) in [6, 6.07) is 6.38. The minimum atomic E-state index is -0.235. The second kappa shape index (κ2) is 6.74. The standard InChI is InChI=1S/C15H22FNO/c16-13-6-8-14(9-7-13)18-11-10-15(17)12-4-2-1-3-5-12/h6-9,12,15H,1-5,10-11,17H2.